The number of likely N-dealkylation sites (N-methyl/N-ethyl adjacent to an activating group) is 1. The Morgan fingerprint density at radius 1 is 1.12 bits per heavy atom. The molecule has 0 N–H and O–H groups in total. The molecule has 0 saturated heterocycles. The van der Waals surface area contributed by atoms with Crippen LogP contribution in [0.3, 0.4) is 0 Å². The minimum atomic E-state index is -0.773. The van der Waals surface area contributed by atoms with E-state index in [2.05, 4.69) is 0 Å². The summed E-state index contributed by atoms with van der Waals surface area (Å²) in [7, 11) is 1.71. The predicted molar refractivity (Wildman–Crippen MR) is 91.4 cm³/mol. The van der Waals surface area contributed by atoms with Gasteiger partial charge in [0.25, 0.3) is 5.91 Å². The third-order valence-corrected chi connectivity index (χ3v) is 4.65. The van der Waals surface area contributed by atoms with Gasteiger partial charge in [0.2, 0.25) is 5.91 Å². The highest BCUT2D eigenvalue weighted by molar-refractivity contribution is 6.04. The predicted octanol–water partition coefficient (Wildman–Crippen LogP) is 2.39. The molecule has 24 heavy (non-hydrogen) atoms. The standard InChI is InChI=1S/C19H18N2O3/c1-20-15-8-4-5-9-16(15)24-17(19(20)23)12-18(22)21-11-10-13-6-2-3-7-14(13)21/h2-9,17H,10-12H2,1H3. The number of ether oxygens (including phenoxy) is 1. The van der Waals surface area contributed by atoms with Crippen molar-refractivity contribution in [2.24, 2.45) is 0 Å². The molecular weight excluding hydrogens is 304 g/mol. The molecule has 2 aliphatic heterocycles. The summed E-state index contributed by atoms with van der Waals surface area (Å²) in [5, 5.41) is 0. The van der Waals surface area contributed by atoms with Crippen LogP contribution < -0.4 is 14.5 Å². The average Bonchev–Trinajstić information content (AvgIpc) is 3.03. The molecule has 0 radical (unpaired) electrons. The fraction of sp³-hybridized carbons (Fsp3) is 0.263. The van der Waals surface area contributed by atoms with E-state index in [1.807, 2.05) is 48.5 Å². The number of nitrogens with zero attached hydrogens (tertiary/aromatic N) is 2. The van der Waals surface area contributed by atoms with Crippen LogP contribution in [0, 0.1) is 0 Å². The van der Waals surface area contributed by atoms with Crippen LogP contribution in [-0.4, -0.2) is 31.5 Å². The van der Waals surface area contributed by atoms with Crippen LogP contribution in [0.1, 0.15) is 12.0 Å². The molecular formula is C19H18N2O3. The zero-order valence-electron chi connectivity index (χ0n) is 13.4. The Morgan fingerprint density at radius 3 is 2.67 bits per heavy atom. The second kappa shape index (κ2) is 5.67. The fourth-order valence-corrected chi connectivity index (χ4v) is 3.37. The van der Waals surface area contributed by atoms with Crippen molar-refractivity contribution in [3.8, 4) is 5.75 Å². The van der Waals surface area contributed by atoms with Gasteiger partial charge in [0.15, 0.2) is 6.10 Å². The van der Waals surface area contributed by atoms with Crippen LogP contribution in [0.2, 0.25) is 0 Å². The first-order chi connectivity index (χ1) is 11.6. The van der Waals surface area contributed by atoms with Crippen LogP contribution in [0.15, 0.2) is 48.5 Å². The molecule has 0 aliphatic carbocycles. The van der Waals surface area contributed by atoms with Crippen molar-refractivity contribution in [1.82, 2.24) is 0 Å². The van der Waals surface area contributed by atoms with Crippen LogP contribution >= 0.6 is 0 Å². The number of carbonyl (C=O) groups excluding carboxylic acids is 2. The number of benzene rings is 2. The van der Waals surface area contributed by atoms with E-state index in [9.17, 15) is 9.59 Å². The lowest BCUT2D eigenvalue weighted by Gasteiger charge is -2.32. The van der Waals surface area contributed by atoms with Crippen molar-refractivity contribution in [3.63, 3.8) is 0 Å². The van der Waals surface area contributed by atoms with Crippen molar-refractivity contribution in [2.45, 2.75) is 18.9 Å². The summed E-state index contributed by atoms with van der Waals surface area (Å²) in [6, 6.07) is 15.3. The quantitative estimate of drug-likeness (QED) is 0.853. The third kappa shape index (κ3) is 2.33. The number of fused-ring (bicyclic) bond motifs is 2. The summed E-state index contributed by atoms with van der Waals surface area (Å²) in [6.07, 6.45) is 0.126. The topological polar surface area (TPSA) is 49.9 Å². The van der Waals surface area contributed by atoms with E-state index in [4.69, 9.17) is 4.74 Å². The SMILES string of the molecule is CN1C(=O)C(CC(=O)N2CCc3ccccc32)Oc2ccccc21. The number of hydrogen-bond donors (Lipinski definition) is 0. The molecule has 0 saturated carbocycles. The molecule has 0 aromatic heterocycles. The molecule has 2 aromatic rings. The molecule has 1 unspecified atom stereocenters. The lowest BCUT2D eigenvalue weighted by atomic mass is 10.1. The maximum absolute atomic E-state index is 12.7. The minimum Gasteiger partial charge on any atom is -0.478 e. The molecule has 2 heterocycles. The Balaban J connectivity index is 1.54. The second-order valence-electron chi connectivity index (χ2n) is 6.10. The molecule has 122 valence electrons. The van der Waals surface area contributed by atoms with Gasteiger partial charge in [-0.2, -0.15) is 0 Å². The molecule has 2 amide bonds. The van der Waals surface area contributed by atoms with Gasteiger partial charge in [0.05, 0.1) is 12.1 Å². The summed E-state index contributed by atoms with van der Waals surface area (Å²) in [5.74, 6) is 0.375. The van der Waals surface area contributed by atoms with Gasteiger partial charge in [-0.25, -0.2) is 0 Å². The van der Waals surface area contributed by atoms with E-state index in [-0.39, 0.29) is 18.2 Å². The zero-order valence-corrected chi connectivity index (χ0v) is 13.4. The molecule has 1 atom stereocenters. The molecule has 0 bridgehead atoms. The van der Waals surface area contributed by atoms with Gasteiger partial charge in [-0.15, -0.1) is 0 Å². The number of anilines is 2. The average molecular weight is 322 g/mol. The van der Waals surface area contributed by atoms with Gasteiger partial charge in [0, 0.05) is 19.3 Å². The first kappa shape index (κ1) is 14.8. The third-order valence-electron chi connectivity index (χ3n) is 4.65. The number of hydrogen-bond acceptors (Lipinski definition) is 3. The van der Waals surface area contributed by atoms with E-state index >= 15 is 0 Å². The fourth-order valence-electron chi connectivity index (χ4n) is 3.37. The molecule has 2 aliphatic rings. The van der Waals surface area contributed by atoms with Crippen molar-refractivity contribution in [3.05, 3.63) is 54.1 Å². The van der Waals surface area contributed by atoms with E-state index in [1.165, 1.54) is 5.56 Å². The Labute approximate surface area is 140 Å². The minimum absolute atomic E-state index is 0.0475. The van der Waals surface area contributed by atoms with E-state index in [0.717, 1.165) is 17.8 Å². The maximum atomic E-state index is 12.7. The van der Waals surface area contributed by atoms with Gasteiger partial charge in [0.1, 0.15) is 5.75 Å². The Hall–Kier alpha value is -2.82. The lowest BCUT2D eigenvalue weighted by Crippen LogP contribution is -2.46. The van der Waals surface area contributed by atoms with Crippen molar-refractivity contribution >= 4 is 23.2 Å². The maximum Gasteiger partial charge on any atom is 0.268 e. The van der Waals surface area contributed by atoms with Crippen LogP contribution in [0.4, 0.5) is 11.4 Å². The second-order valence-corrected chi connectivity index (χ2v) is 6.10. The summed E-state index contributed by atoms with van der Waals surface area (Å²) in [4.78, 5) is 28.6. The Bertz CT molecular complexity index is 818. The summed E-state index contributed by atoms with van der Waals surface area (Å²) in [5.41, 5.74) is 2.85. The van der Waals surface area contributed by atoms with Gasteiger partial charge in [-0.3, -0.25) is 9.59 Å². The zero-order chi connectivity index (χ0) is 16.7. The van der Waals surface area contributed by atoms with Gasteiger partial charge < -0.3 is 14.5 Å². The van der Waals surface area contributed by atoms with E-state index in [1.54, 1.807) is 16.8 Å². The van der Waals surface area contributed by atoms with E-state index < -0.39 is 6.10 Å². The van der Waals surface area contributed by atoms with Crippen LogP contribution in [0.25, 0.3) is 0 Å². The number of amides is 2. The smallest absolute Gasteiger partial charge is 0.268 e. The molecule has 0 spiro atoms. The van der Waals surface area contributed by atoms with Crippen molar-refractivity contribution < 1.29 is 14.3 Å². The largest absolute Gasteiger partial charge is 0.478 e. The molecule has 4 rings (SSSR count). The first-order valence-corrected chi connectivity index (χ1v) is 8.06. The lowest BCUT2D eigenvalue weighted by molar-refractivity contribution is -0.131. The van der Waals surface area contributed by atoms with Crippen molar-refractivity contribution in [1.29, 1.82) is 0 Å². The highest BCUT2D eigenvalue weighted by Crippen LogP contribution is 2.34. The highest BCUT2D eigenvalue weighted by atomic mass is 16.5. The van der Waals surface area contributed by atoms with Crippen molar-refractivity contribution in [2.75, 3.05) is 23.4 Å². The normalized spacial score (nSPS) is 18.9. The van der Waals surface area contributed by atoms with Gasteiger partial charge in [-0.1, -0.05) is 30.3 Å². The first-order valence-electron chi connectivity index (χ1n) is 8.06. The van der Waals surface area contributed by atoms with Crippen LogP contribution in [0.5, 0.6) is 5.75 Å². The number of para-hydroxylation sites is 3. The monoisotopic (exact) mass is 322 g/mol. The number of carbonyl (C=O) groups is 2. The molecule has 2 aromatic carbocycles. The Morgan fingerprint density at radius 2 is 1.83 bits per heavy atom. The van der Waals surface area contributed by atoms with Gasteiger partial charge in [-0.05, 0) is 30.2 Å². The summed E-state index contributed by atoms with van der Waals surface area (Å²) >= 11 is 0. The van der Waals surface area contributed by atoms with Crippen LogP contribution in [-0.2, 0) is 16.0 Å². The molecule has 5 nitrogen and oxygen atoms in total. The molecule has 5 heteroatoms. The van der Waals surface area contributed by atoms with E-state index in [0.29, 0.717) is 12.3 Å². The molecule has 0 fully saturated rings. The number of rotatable bonds is 2. The van der Waals surface area contributed by atoms with Gasteiger partial charge >= 0.3 is 0 Å². The highest BCUT2D eigenvalue weighted by Gasteiger charge is 2.35. The summed E-state index contributed by atoms with van der Waals surface area (Å²) < 4.78 is 5.79. The Kier molecular flexibility index (Phi) is 3.49. The summed E-state index contributed by atoms with van der Waals surface area (Å²) in [6.45, 7) is 0.658.